The van der Waals surface area contributed by atoms with Crippen molar-refractivity contribution < 1.29 is 37.8 Å². The zero-order valence-electron chi connectivity index (χ0n) is 32.0. The number of ether oxygens (including phenoxy) is 3. The van der Waals surface area contributed by atoms with E-state index in [1.165, 1.54) is 17.0 Å². The molecule has 0 aliphatic carbocycles. The Morgan fingerprint density at radius 1 is 0.925 bits per heavy atom. The van der Waals surface area contributed by atoms with Crippen LogP contribution in [0, 0.1) is 24.6 Å². The number of rotatable bonds is 11. The molecule has 12 heteroatoms. The molecule has 0 unspecified atom stereocenters. The quantitative estimate of drug-likeness (QED) is 0.243. The molecule has 1 aliphatic heterocycles. The summed E-state index contributed by atoms with van der Waals surface area (Å²) in [6, 6.07) is 15.1. The Morgan fingerprint density at radius 3 is 2.28 bits per heavy atom. The third kappa shape index (κ3) is 11.2. The number of nitrogens with one attached hydrogen (secondary N) is 2. The Labute approximate surface area is 312 Å². The van der Waals surface area contributed by atoms with E-state index < -0.39 is 48.1 Å². The van der Waals surface area contributed by atoms with Crippen LogP contribution in [0.4, 0.5) is 4.39 Å². The van der Waals surface area contributed by atoms with Gasteiger partial charge in [-0.3, -0.25) is 19.2 Å². The number of benzene rings is 3. The number of fused-ring (bicyclic) bond motifs is 1. The molecule has 0 bridgehead atoms. The van der Waals surface area contributed by atoms with Gasteiger partial charge in [-0.25, -0.2) is 4.39 Å². The van der Waals surface area contributed by atoms with Crippen LogP contribution in [0.5, 0.6) is 23.0 Å². The number of hydrogen-bond donors (Lipinski definition) is 2. The number of nitrogens with zero attached hydrogens (tertiary/aromatic N) is 2. The van der Waals surface area contributed by atoms with E-state index in [1.54, 1.807) is 68.4 Å². The molecule has 0 fully saturated rings. The summed E-state index contributed by atoms with van der Waals surface area (Å²) in [5, 5.41) is 5.52. The molecule has 1 heterocycles. The highest BCUT2D eigenvalue weighted by atomic mass is 19.1. The molecule has 0 spiro atoms. The lowest BCUT2D eigenvalue weighted by Gasteiger charge is -2.37. The average molecular weight is 733 g/mol. The molecular formula is C41H53FN4O7. The van der Waals surface area contributed by atoms with Crippen molar-refractivity contribution in [2.45, 2.75) is 85.0 Å². The molecule has 4 amide bonds. The fourth-order valence-electron chi connectivity index (χ4n) is 6.11. The summed E-state index contributed by atoms with van der Waals surface area (Å²) in [5.74, 6) is -1.50. The number of amides is 4. The average Bonchev–Trinajstić information content (AvgIpc) is 3.11. The fourth-order valence-corrected chi connectivity index (χ4v) is 6.11. The minimum atomic E-state index is -1.33. The van der Waals surface area contributed by atoms with E-state index in [0.717, 1.165) is 5.56 Å². The molecule has 2 N–H and O–H groups in total. The minimum Gasteiger partial charge on any atom is -0.491 e. The Balaban J connectivity index is 1.58. The van der Waals surface area contributed by atoms with E-state index in [9.17, 15) is 23.6 Å². The SMILES string of the molecule is Cc1ccc(Oc2cccc(F)c2OC[C@@H](C)NC(=O)[C@@H]2CC(=O)N(C)[C@@H](CC(C)C)C(=O)N(C)[C@H](CC(C)C)COc3ccccc3C(=O)N2)cc1. The Bertz CT molecular complexity index is 1730. The minimum absolute atomic E-state index is 0.0788. The molecule has 3 aromatic carbocycles. The van der Waals surface area contributed by atoms with Crippen LogP contribution in [0.3, 0.4) is 0 Å². The summed E-state index contributed by atoms with van der Waals surface area (Å²) in [7, 11) is 3.27. The maximum atomic E-state index is 15.0. The van der Waals surface area contributed by atoms with Gasteiger partial charge in [0.2, 0.25) is 17.7 Å². The predicted octanol–water partition coefficient (Wildman–Crippen LogP) is 6.14. The van der Waals surface area contributed by atoms with Crippen LogP contribution in [0.2, 0.25) is 0 Å². The van der Waals surface area contributed by atoms with E-state index in [2.05, 4.69) is 24.5 Å². The van der Waals surface area contributed by atoms with Crippen molar-refractivity contribution >= 4 is 23.6 Å². The van der Waals surface area contributed by atoms with Gasteiger partial charge in [0.15, 0.2) is 17.3 Å². The van der Waals surface area contributed by atoms with Gasteiger partial charge in [0.1, 0.15) is 36.8 Å². The number of likely N-dealkylation sites (N-methyl/N-ethyl adjacent to an activating group) is 2. The van der Waals surface area contributed by atoms with Gasteiger partial charge in [0, 0.05) is 14.1 Å². The summed E-state index contributed by atoms with van der Waals surface area (Å²) >= 11 is 0. The first-order chi connectivity index (χ1) is 25.1. The molecule has 53 heavy (non-hydrogen) atoms. The highest BCUT2D eigenvalue weighted by Crippen LogP contribution is 2.34. The molecule has 3 aromatic rings. The Kier molecular flexibility index (Phi) is 14.2. The van der Waals surface area contributed by atoms with Crippen molar-refractivity contribution in [1.29, 1.82) is 0 Å². The standard InChI is InChI=1S/C41H53FN4O7/c1-25(2)20-29-24-51-35-14-10-9-12-31(35)39(48)44-33(22-37(47)46(8)34(21-26(3)4)41(50)45(29)7)40(49)43-28(6)23-52-38-32(42)13-11-15-36(38)53-30-18-16-27(5)17-19-30/h9-19,25-26,28-29,33-34H,20-24H2,1-8H3,(H,43,49)(H,44,48)/t28-,29-,33+,34+/m1/s1. The second-order valence-electron chi connectivity index (χ2n) is 14.6. The number of para-hydroxylation sites is 2. The monoisotopic (exact) mass is 732 g/mol. The van der Waals surface area contributed by atoms with Gasteiger partial charge in [-0.2, -0.15) is 0 Å². The number of aryl methyl sites for hydroxylation is 1. The molecule has 4 atom stereocenters. The molecule has 0 saturated heterocycles. The van der Waals surface area contributed by atoms with Crippen molar-refractivity contribution in [2.75, 3.05) is 27.3 Å². The van der Waals surface area contributed by atoms with Gasteiger partial charge < -0.3 is 34.6 Å². The van der Waals surface area contributed by atoms with E-state index in [-0.39, 0.29) is 59.8 Å². The largest absolute Gasteiger partial charge is 0.491 e. The Hall–Kier alpha value is -5.13. The van der Waals surface area contributed by atoms with Crippen LogP contribution >= 0.6 is 0 Å². The van der Waals surface area contributed by atoms with Crippen molar-refractivity contribution in [3.63, 3.8) is 0 Å². The van der Waals surface area contributed by atoms with Crippen LogP contribution < -0.4 is 24.8 Å². The lowest BCUT2D eigenvalue weighted by molar-refractivity contribution is -0.147. The molecule has 286 valence electrons. The predicted molar refractivity (Wildman–Crippen MR) is 201 cm³/mol. The smallest absolute Gasteiger partial charge is 0.255 e. The van der Waals surface area contributed by atoms with E-state index in [1.807, 2.05) is 32.9 Å². The van der Waals surface area contributed by atoms with Crippen molar-refractivity contribution in [3.8, 4) is 23.0 Å². The maximum Gasteiger partial charge on any atom is 0.255 e. The summed E-state index contributed by atoms with van der Waals surface area (Å²) < 4.78 is 32.9. The first-order valence-electron chi connectivity index (χ1n) is 18.2. The molecule has 0 saturated carbocycles. The molecule has 4 rings (SSSR count). The summed E-state index contributed by atoms with van der Waals surface area (Å²) in [6.07, 6.45) is 0.616. The van der Waals surface area contributed by atoms with E-state index in [4.69, 9.17) is 14.2 Å². The van der Waals surface area contributed by atoms with Crippen molar-refractivity contribution in [2.24, 2.45) is 11.8 Å². The lowest BCUT2D eigenvalue weighted by atomic mass is 9.98. The van der Waals surface area contributed by atoms with Gasteiger partial charge in [-0.05, 0) is 74.9 Å². The first-order valence-corrected chi connectivity index (χ1v) is 18.2. The van der Waals surface area contributed by atoms with Gasteiger partial charge >= 0.3 is 0 Å². The molecule has 0 radical (unpaired) electrons. The molecule has 1 aliphatic rings. The third-order valence-corrected chi connectivity index (χ3v) is 9.09. The van der Waals surface area contributed by atoms with Gasteiger partial charge in [0.05, 0.1) is 24.1 Å². The van der Waals surface area contributed by atoms with Crippen LogP contribution in [-0.4, -0.2) is 84.9 Å². The highest BCUT2D eigenvalue weighted by molar-refractivity contribution is 6.01. The molecule has 0 aromatic heterocycles. The molecule has 11 nitrogen and oxygen atoms in total. The summed E-state index contributed by atoms with van der Waals surface area (Å²) in [4.78, 5) is 58.6. The summed E-state index contributed by atoms with van der Waals surface area (Å²) in [5.41, 5.74) is 1.22. The molecular weight excluding hydrogens is 679 g/mol. The van der Waals surface area contributed by atoms with E-state index >= 15 is 0 Å². The van der Waals surface area contributed by atoms with Gasteiger partial charge in [-0.15, -0.1) is 0 Å². The zero-order valence-corrected chi connectivity index (χ0v) is 32.0. The van der Waals surface area contributed by atoms with Crippen LogP contribution in [0.1, 0.15) is 69.8 Å². The fraction of sp³-hybridized carbons (Fsp3) is 0.463. The van der Waals surface area contributed by atoms with Crippen molar-refractivity contribution in [3.05, 3.63) is 83.7 Å². The number of carbonyl (C=O) groups is 4. The number of halogens is 1. The summed E-state index contributed by atoms with van der Waals surface area (Å²) in [6.45, 7) is 11.6. The third-order valence-electron chi connectivity index (χ3n) is 9.09. The normalized spacial score (nSPS) is 19.2. The van der Waals surface area contributed by atoms with Gasteiger partial charge in [-0.1, -0.05) is 63.6 Å². The van der Waals surface area contributed by atoms with Gasteiger partial charge in [0.25, 0.3) is 5.91 Å². The van der Waals surface area contributed by atoms with Crippen LogP contribution in [0.25, 0.3) is 0 Å². The van der Waals surface area contributed by atoms with E-state index in [0.29, 0.717) is 18.6 Å². The lowest BCUT2D eigenvalue weighted by Crippen LogP contribution is -2.55. The Morgan fingerprint density at radius 2 is 1.60 bits per heavy atom. The van der Waals surface area contributed by atoms with Crippen LogP contribution in [-0.2, 0) is 14.4 Å². The number of hydrogen-bond acceptors (Lipinski definition) is 7. The number of carbonyl (C=O) groups excluding carboxylic acids is 4. The maximum absolute atomic E-state index is 15.0. The topological polar surface area (TPSA) is 127 Å². The second-order valence-corrected chi connectivity index (χ2v) is 14.6. The zero-order chi connectivity index (χ0) is 38.8. The van der Waals surface area contributed by atoms with Crippen LogP contribution in [0.15, 0.2) is 66.7 Å². The highest BCUT2D eigenvalue weighted by Gasteiger charge is 2.36. The first kappa shape index (κ1) is 40.6. The second kappa shape index (κ2) is 18.6. The van der Waals surface area contributed by atoms with Crippen molar-refractivity contribution in [1.82, 2.24) is 20.4 Å².